The zero-order chi connectivity index (χ0) is 36.5. The smallest absolute Gasteiger partial charge is 0.307 e. The second-order valence-electron chi connectivity index (χ2n) is 17.7. The van der Waals surface area contributed by atoms with Gasteiger partial charge in [0.25, 0.3) is 0 Å². The van der Waals surface area contributed by atoms with E-state index in [1.165, 1.54) is 6.92 Å². The number of hydrogen-bond donors (Lipinski definition) is 1. The average Bonchev–Trinajstić information content (AvgIpc) is 3.62. The van der Waals surface area contributed by atoms with Gasteiger partial charge < -0.3 is 19.3 Å². The van der Waals surface area contributed by atoms with Crippen molar-refractivity contribution in [2.45, 2.75) is 131 Å². The Labute approximate surface area is 292 Å². The van der Waals surface area contributed by atoms with Crippen molar-refractivity contribution in [2.24, 2.45) is 57.2 Å². The molecule has 0 aromatic heterocycles. The molecule has 2 unspecified atom stereocenters. The molecule has 9 heteroatoms. The quantitative estimate of drug-likeness (QED) is 0.150. The first kappa shape index (κ1) is 37.4. The first-order chi connectivity index (χ1) is 22.7. The van der Waals surface area contributed by atoms with E-state index >= 15 is 0 Å². The fourth-order valence-electron chi connectivity index (χ4n) is 11.6. The largest absolute Gasteiger partial charge is 0.462 e. The zero-order valence-electron chi connectivity index (χ0n) is 31.1. The number of Topliss-reactive ketones (excluding diaryl/α,β-unsaturated/α-hetero) is 1. The molecule has 4 fully saturated rings. The number of carbonyl (C=O) groups is 5. The lowest BCUT2D eigenvalue weighted by Gasteiger charge is -2.61. The predicted molar refractivity (Wildman–Crippen MR) is 183 cm³/mol. The van der Waals surface area contributed by atoms with Crippen LogP contribution in [0.2, 0.25) is 0 Å². The molecule has 0 aliphatic heterocycles. The first-order valence-electron chi connectivity index (χ1n) is 18.3. The van der Waals surface area contributed by atoms with Crippen LogP contribution in [0.5, 0.6) is 0 Å². The summed E-state index contributed by atoms with van der Waals surface area (Å²) in [7, 11) is 0. The van der Waals surface area contributed by atoms with Crippen LogP contribution in [0.15, 0.2) is 24.3 Å². The van der Waals surface area contributed by atoms with E-state index in [0.717, 1.165) is 32.1 Å². The monoisotopic (exact) mass is 682 g/mol. The number of ketones is 2. The van der Waals surface area contributed by atoms with Crippen molar-refractivity contribution in [2.75, 3.05) is 6.61 Å². The van der Waals surface area contributed by atoms with Crippen molar-refractivity contribution < 1.29 is 43.3 Å². The minimum Gasteiger partial charge on any atom is -0.462 e. The van der Waals surface area contributed by atoms with Crippen LogP contribution in [-0.4, -0.2) is 59.0 Å². The lowest BCUT2D eigenvalue weighted by molar-refractivity contribution is -0.169. The minimum absolute atomic E-state index is 0.0165. The molecular formula is C40H58O9. The van der Waals surface area contributed by atoms with Gasteiger partial charge in [-0.1, -0.05) is 47.3 Å². The van der Waals surface area contributed by atoms with E-state index in [-0.39, 0.29) is 64.3 Å². The number of hydrogen-bond acceptors (Lipinski definition) is 9. The highest BCUT2D eigenvalue weighted by Gasteiger charge is 2.81. The third-order valence-corrected chi connectivity index (χ3v) is 14.0. The van der Waals surface area contributed by atoms with Crippen molar-refractivity contribution in [3.8, 4) is 0 Å². The maximum absolute atomic E-state index is 14.2. The molecule has 5 aliphatic carbocycles. The topological polar surface area (TPSA) is 133 Å². The molecule has 5 rings (SSSR count). The number of aliphatic hydroxyl groups is 1. The van der Waals surface area contributed by atoms with Gasteiger partial charge in [0, 0.05) is 37.2 Å². The Morgan fingerprint density at radius 3 is 2.31 bits per heavy atom. The van der Waals surface area contributed by atoms with Crippen LogP contribution in [0, 0.1) is 57.2 Å². The Hall–Kier alpha value is -2.81. The number of esters is 3. The Kier molecular flexibility index (Phi) is 9.74. The zero-order valence-corrected chi connectivity index (χ0v) is 31.1. The number of fused-ring (bicyclic) bond motifs is 2. The van der Waals surface area contributed by atoms with Crippen LogP contribution < -0.4 is 0 Å². The molecule has 49 heavy (non-hydrogen) atoms. The Morgan fingerprint density at radius 2 is 1.69 bits per heavy atom. The van der Waals surface area contributed by atoms with Crippen molar-refractivity contribution in [3.05, 3.63) is 24.3 Å². The summed E-state index contributed by atoms with van der Waals surface area (Å²) in [5.74, 6) is -2.63. The van der Waals surface area contributed by atoms with Crippen molar-refractivity contribution in [1.29, 1.82) is 0 Å². The number of rotatable bonds is 11. The molecule has 1 N–H and O–H groups in total. The van der Waals surface area contributed by atoms with Crippen LogP contribution >= 0.6 is 0 Å². The first-order valence-corrected chi connectivity index (χ1v) is 18.3. The van der Waals surface area contributed by atoms with Crippen molar-refractivity contribution in [3.63, 3.8) is 0 Å². The molecule has 0 heterocycles. The second kappa shape index (κ2) is 12.8. The number of ether oxygens (including phenoxy) is 3. The molecule has 4 saturated carbocycles. The Balaban J connectivity index is 1.48. The molecule has 5 aliphatic rings. The maximum atomic E-state index is 14.2. The van der Waals surface area contributed by atoms with Gasteiger partial charge in [-0.2, -0.15) is 0 Å². The summed E-state index contributed by atoms with van der Waals surface area (Å²) in [5, 5.41) is 9.87. The van der Waals surface area contributed by atoms with Gasteiger partial charge in [0.1, 0.15) is 11.7 Å². The van der Waals surface area contributed by atoms with E-state index < -0.39 is 53.3 Å². The van der Waals surface area contributed by atoms with Gasteiger partial charge in [0.2, 0.25) is 0 Å². The van der Waals surface area contributed by atoms with Crippen LogP contribution in [0.4, 0.5) is 0 Å². The fourth-order valence-corrected chi connectivity index (χ4v) is 11.6. The molecule has 9 nitrogen and oxygen atoms in total. The van der Waals surface area contributed by atoms with Gasteiger partial charge in [0.05, 0.1) is 12.8 Å². The average molecular weight is 683 g/mol. The molecule has 0 aromatic rings. The van der Waals surface area contributed by atoms with Crippen molar-refractivity contribution >= 4 is 29.5 Å². The van der Waals surface area contributed by atoms with E-state index in [0.29, 0.717) is 18.3 Å². The molecular weight excluding hydrogens is 624 g/mol. The second-order valence-corrected chi connectivity index (χ2v) is 17.7. The van der Waals surface area contributed by atoms with Gasteiger partial charge in [-0.05, 0) is 104 Å². The lowest BCUT2D eigenvalue weighted by Crippen LogP contribution is -2.56. The minimum atomic E-state index is -1.25. The van der Waals surface area contributed by atoms with Crippen LogP contribution in [0.1, 0.15) is 114 Å². The summed E-state index contributed by atoms with van der Waals surface area (Å²) in [6, 6.07) is 0. The fraction of sp³-hybridized carbons (Fsp3) is 0.775. The summed E-state index contributed by atoms with van der Waals surface area (Å²) < 4.78 is 17.5. The Morgan fingerprint density at radius 1 is 1.04 bits per heavy atom. The number of carbonyl (C=O) groups excluding carboxylic acids is 5. The third-order valence-electron chi connectivity index (χ3n) is 14.0. The Bertz CT molecular complexity index is 1440. The summed E-state index contributed by atoms with van der Waals surface area (Å²) in [6.07, 6.45) is 7.33. The van der Waals surface area contributed by atoms with Crippen molar-refractivity contribution in [1.82, 2.24) is 0 Å². The normalized spacial score (nSPS) is 39.2. The summed E-state index contributed by atoms with van der Waals surface area (Å²) >= 11 is 0. The molecule has 0 amide bonds. The molecule has 272 valence electrons. The van der Waals surface area contributed by atoms with E-state index in [4.69, 9.17) is 14.2 Å². The summed E-state index contributed by atoms with van der Waals surface area (Å²) in [4.78, 5) is 65.3. The van der Waals surface area contributed by atoms with E-state index in [1.807, 2.05) is 13.0 Å². The highest BCUT2D eigenvalue weighted by molar-refractivity contribution is 6.00. The van der Waals surface area contributed by atoms with Crippen LogP contribution in [0.25, 0.3) is 0 Å². The number of aliphatic hydroxyl groups excluding tert-OH is 1. The predicted octanol–water partition coefficient (Wildman–Crippen LogP) is 6.35. The highest BCUT2D eigenvalue weighted by Crippen LogP contribution is 2.87. The SMILES string of the molecule is C=C(C(=O)[C@H](OC(=O)CCC(=O)OC(C)(C)C)[C@@H](C)[C@H]1[C@@H](OC(C)=O)C[C@@]2(C)C3CCC4[C@H](C)C(=O)C=C[C@@]45C[C@@]35CC[C@]12C)[C@@H](C)CO. The number of allylic oxidation sites excluding steroid dienone is 2. The van der Waals surface area contributed by atoms with Crippen LogP contribution in [-0.2, 0) is 38.2 Å². The highest BCUT2D eigenvalue weighted by atomic mass is 16.6. The molecule has 0 radical (unpaired) electrons. The third kappa shape index (κ3) is 6.03. The molecule has 0 aromatic carbocycles. The summed E-state index contributed by atoms with van der Waals surface area (Å²) in [6.45, 7) is 20.6. The van der Waals surface area contributed by atoms with Crippen LogP contribution in [0.3, 0.4) is 0 Å². The van der Waals surface area contributed by atoms with E-state index in [1.54, 1.807) is 27.7 Å². The van der Waals surface area contributed by atoms with Gasteiger partial charge in [-0.15, -0.1) is 0 Å². The van der Waals surface area contributed by atoms with Gasteiger partial charge >= 0.3 is 17.9 Å². The molecule has 2 spiro atoms. The van der Waals surface area contributed by atoms with Gasteiger partial charge in [-0.25, -0.2) is 0 Å². The standard InChI is InChI=1S/C40H58O9/c1-22(20-41)23(2)34(46)35(48-31(44)13-14-32(45)49-36(6,7)8)25(4)33-29(47-26(5)42)19-38(10)30-12-11-27-24(3)28(43)15-16-39(27)21-40(30,39)18-17-37(33,38)9/h15-16,22,24-25,27,29-30,33,35,41H,2,11-14,17-21H2,1,3-10H3/t22-,24-,25-,27?,29-,30?,33-,35+,37+,38-,39+,40-/m0/s1. The molecule has 0 saturated heterocycles. The van der Waals surface area contributed by atoms with E-state index in [9.17, 15) is 29.1 Å². The van der Waals surface area contributed by atoms with Gasteiger partial charge in [0.15, 0.2) is 17.7 Å². The lowest BCUT2D eigenvalue weighted by atomic mass is 9.43. The summed E-state index contributed by atoms with van der Waals surface area (Å²) in [5.41, 5.74) is -1.06. The molecule has 12 atom stereocenters. The maximum Gasteiger partial charge on any atom is 0.307 e. The molecule has 0 bridgehead atoms. The van der Waals surface area contributed by atoms with Gasteiger partial charge in [-0.3, -0.25) is 24.0 Å². The van der Waals surface area contributed by atoms with E-state index in [2.05, 4.69) is 33.4 Å².